The molecule has 0 bridgehead atoms. The highest BCUT2D eigenvalue weighted by atomic mass is 32.4. The Labute approximate surface area is 320 Å². The first kappa shape index (κ1) is 37.9. The first-order chi connectivity index (χ1) is 24.6. The smallest absolute Gasteiger partial charge is 0.355 e. The Morgan fingerprint density at radius 1 is 0.654 bits per heavy atom. The van der Waals surface area contributed by atoms with E-state index in [1.807, 2.05) is 0 Å². The minimum atomic E-state index is -3.05. The molecule has 274 valence electrons. The van der Waals surface area contributed by atoms with Crippen LogP contribution in [0.4, 0.5) is 17.1 Å². The fourth-order valence-corrected chi connectivity index (χ4v) is 18.0. The van der Waals surface area contributed by atoms with Crippen LogP contribution in [0.25, 0.3) is 4.91 Å². The van der Waals surface area contributed by atoms with Crippen LogP contribution in [0.1, 0.15) is 114 Å². The molecule has 0 N–H and O–H groups in total. The molecule has 1 aliphatic carbocycles. The Kier molecular flexibility index (Phi) is 10.6. The van der Waals surface area contributed by atoms with Gasteiger partial charge in [0, 0.05) is 72.8 Å². The standard InChI is InChI=1S/C46H60N4SSi/c1-29(2)38-17-15-18-39(30(3)4)44(38)49-33(9)27-34(10)50(45-40(31(5)6)19-16-20-41(45)32(7)8)52(49)43-28-37(48(13)14)25-26-42(43)46(51-52)35-21-23-36(24-22-35)47(11)12/h15-32,43H,9H2,1-8,10-14H3. The highest BCUT2D eigenvalue weighted by molar-refractivity contribution is 8.36. The average molecular weight is 729 g/mol. The fraction of sp³-hybridized carbons (Fsp3) is 0.391. The summed E-state index contributed by atoms with van der Waals surface area (Å²) in [7, 11) is 5.54. The SMILES string of the molecule is C=C1C=C(C)N(c2c(C(C)C)cccc2C(C)C)[Si]2(SC(c3ccc(N(C)C)cc3)=C3C=CC(N(C)C)=CC32)N1c1c(C(C)C)cccc1C(C)C. The maximum Gasteiger partial charge on any atom is 0.355 e. The zero-order chi connectivity index (χ0) is 37.8. The summed E-state index contributed by atoms with van der Waals surface area (Å²) in [6.07, 6.45) is 9.74. The lowest BCUT2D eigenvalue weighted by Gasteiger charge is -2.56. The van der Waals surface area contributed by atoms with Crippen LogP contribution >= 0.6 is 11.2 Å². The Morgan fingerprint density at radius 2 is 1.13 bits per heavy atom. The highest BCUT2D eigenvalue weighted by Gasteiger charge is 2.63. The van der Waals surface area contributed by atoms with Crippen molar-refractivity contribution in [1.82, 2.24) is 4.90 Å². The Balaban J connectivity index is 1.79. The first-order valence-corrected chi connectivity index (χ1v) is 22.6. The van der Waals surface area contributed by atoms with Crippen molar-refractivity contribution in [2.24, 2.45) is 0 Å². The molecule has 0 aromatic heterocycles. The zero-order valence-corrected chi connectivity index (χ0v) is 35.7. The Morgan fingerprint density at radius 3 is 1.58 bits per heavy atom. The number of allylic oxidation sites excluding steroid dienone is 6. The van der Waals surface area contributed by atoms with E-state index in [9.17, 15) is 0 Å². The Hall–Kier alpha value is -3.87. The van der Waals surface area contributed by atoms with Gasteiger partial charge in [-0.2, -0.15) is 0 Å². The van der Waals surface area contributed by atoms with Crippen LogP contribution in [0.2, 0.25) is 5.54 Å². The third-order valence-corrected chi connectivity index (χ3v) is 19.0. The van der Waals surface area contributed by atoms with E-state index in [1.54, 1.807) is 0 Å². The molecule has 2 heterocycles. The van der Waals surface area contributed by atoms with Crippen LogP contribution < -0.4 is 14.0 Å². The molecule has 3 aromatic rings. The number of likely N-dealkylation sites (N-methyl/N-ethyl adjacent to an activating group) is 1. The normalized spacial score (nSPS) is 20.2. The van der Waals surface area contributed by atoms with E-state index in [0.717, 1.165) is 5.70 Å². The molecule has 2 aliphatic heterocycles. The maximum atomic E-state index is 4.98. The molecule has 3 aliphatic rings. The number of fused-ring (bicyclic) bond motifs is 2. The van der Waals surface area contributed by atoms with Crippen LogP contribution in [0.15, 0.2) is 114 Å². The van der Waals surface area contributed by atoms with Crippen molar-refractivity contribution in [3.8, 4) is 0 Å². The predicted octanol–water partition coefficient (Wildman–Crippen LogP) is 12.5. The van der Waals surface area contributed by atoms with Gasteiger partial charge in [0.15, 0.2) is 0 Å². The molecule has 0 radical (unpaired) electrons. The number of nitrogens with zero attached hydrogens (tertiary/aromatic N) is 4. The number of benzene rings is 3. The predicted molar refractivity (Wildman–Crippen MR) is 233 cm³/mol. The summed E-state index contributed by atoms with van der Waals surface area (Å²) in [5, 5.41) is 0. The van der Waals surface area contributed by atoms with Crippen LogP contribution in [-0.2, 0) is 0 Å². The van der Waals surface area contributed by atoms with E-state index in [0.29, 0.717) is 23.7 Å². The average Bonchev–Trinajstić information content (AvgIpc) is 3.41. The molecule has 0 amide bonds. The van der Waals surface area contributed by atoms with Crippen LogP contribution in [-0.4, -0.2) is 40.6 Å². The summed E-state index contributed by atoms with van der Waals surface area (Å²) in [4.78, 5) is 5.85. The van der Waals surface area contributed by atoms with Gasteiger partial charge in [-0.25, -0.2) is 0 Å². The van der Waals surface area contributed by atoms with Crippen LogP contribution in [0, 0.1) is 0 Å². The third kappa shape index (κ3) is 6.30. The topological polar surface area (TPSA) is 13.0 Å². The van der Waals surface area contributed by atoms with Crippen molar-refractivity contribution in [3.63, 3.8) is 0 Å². The monoisotopic (exact) mass is 728 g/mol. The van der Waals surface area contributed by atoms with Crippen molar-refractivity contribution >= 4 is 40.7 Å². The van der Waals surface area contributed by atoms with E-state index in [1.165, 1.54) is 66.8 Å². The Bertz CT molecular complexity index is 1920. The van der Waals surface area contributed by atoms with Gasteiger partial charge in [0.05, 0.1) is 0 Å². The summed E-state index contributed by atoms with van der Waals surface area (Å²) in [6, 6.07) is 23.3. The van der Waals surface area contributed by atoms with E-state index in [2.05, 4.69) is 206 Å². The van der Waals surface area contributed by atoms with E-state index < -0.39 is 7.55 Å². The lowest BCUT2D eigenvalue weighted by molar-refractivity contribution is 0.526. The summed E-state index contributed by atoms with van der Waals surface area (Å²) >= 11 is 2.16. The van der Waals surface area contributed by atoms with Crippen molar-refractivity contribution in [2.45, 2.75) is 91.5 Å². The van der Waals surface area contributed by atoms with Gasteiger partial charge in [-0.3, -0.25) is 0 Å². The molecule has 6 heteroatoms. The summed E-state index contributed by atoms with van der Waals surface area (Å²) in [5.41, 5.74) is 16.0. The third-order valence-electron chi connectivity index (χ3n) is 11.0. The molecular formula is C46H60N4SSi. The summed E-state index contributed by atoms with van der Waals surface area (Å²) in [5.74, 6) is 1.41. The highest BCUT2D eigenvalue weighted by Crippen LogP contribution is 2.65. The van der Waals surface area contributed by atoms with Gasteiger partial charge in [0.25, 0.3) is 0 Å². The lowest BCUT2D eigenvalue weighted by atomic mass is 9.92. The van der Waals surface area contributed by atoms with Crippen molar-refractivity contribution in [2.75, 3.05) is 42.2 Å². The number of hydrogen-bond donors (Lipinski definition) is 0. The fourth-order valence-electron chi connectivity index (χ4n) is 8.31. The molecule has 0 saturated carbocycles. The van der Waals surface area contributed by atoms with Crippen LogP contribution in [0.5, 0.6) is 0 Å². The van der Waals surface area contributed by atoms with Gasteiger partial charge in [-0.05, 0) is 88.3 Å². The van der Waals surface area contributed by atoms with Crippen LogP contribution in [0.3, 0.4) is 0 Å². The molecular weight excluding hydrogens is 669 g/mol. The quantitative estimate of drug-likeness (QED) is 0.203. The molecule has 2 unspecified atom stereocenters. The number of para-hydroxylation sites is 2. The second-order valence-electron chi connectivity index (χ2n) is 16.4. The largest absolute Gasteiger partial charge is 0.378 e. The maximum absolute atomic E-state index is 4.98. The molecule has 0 fully saturated rings. The van der Waals surface area contributed by atoms with Crippen molar-refractivity contribution in [3.05, 3.63) is 142 Å². The minimum Gasteiger partial charge on any atom is -0.378 e. The second-order valence-corrected chi connectivity index (χ2v) is 22.3. The molecule has 6 rings (SSSR count). The molecule has 0 saturated heterocycles. The number of rotatable bonds is 9. The minimum absolute atomic E-state index is 0.143. The molecule has 3 aromatic carbocycles. The summed E-state index contributed by atoms with van der Waals surface area (Å²) in [6.45, 7) is 26.2. The van der Waals surface area contributed by atoms with Gasteiger partial charge in [0.1, 0.15) is 0 Å². The van der Waals surface area contributed by atoms with E-state index in [4.69, 9.17) is 6.58 Å². The van der Waals surface area contributed by atoms with Gasteiger partial charge in [0.2, 0.25) is 0 Å². The van der Waals surface area contributed by atoms with Gasteiger partial charge >= 0.3 is 7.55 Å². The number of anilines is 3. The molecule has 52 heavy (non-hydrogen) atoms. The second kappa shape index (κ2) is 14.5. The van der Waals surface area contributed by atoms with Gasteiger partial charge in [-0.1, -0.05) is 123 Å². The van der Waals surface area contributed by atoms with E-state index >= 15 is 0 Å². The number of hydrogen-bond acceptors (Lipinski definition) is 5. The first-order valence-electron chi connectivity index (χ1n) is 19.1. The molecule has 4 nitrogen and oxygen atoms in total. The zero-order valence-electron chi connectivity index (χ0n) is 33.9. The van der Waals surface area contributed by atoms with Crippen molar-refractivity contribution < 1.29 is 0 Å². The van der Waals surface area contributed by atoms with Crippen molar-refractivity contribution in [1.29, 1.82) is 0 Å². The molecule has 1 spiro atoms. The lowest BCUT2D eigenvalue weighted by Crippen LogP contribution is -2.67. The van der Waals surface area contributed by atoms with Gasteiger partial charge in [-0.15, -0.1) is 11.2 Å². The van der Waals surface area contributed by atoms with Gasteiger partial charge < -0.3 is 18.9 Å². The summed E-state index contributed by atoms with van der Waals surface area (Å²) < 4.78 is 5.69. The molecule has 2 atom stereocenters. The van der Waals surface area contributed by atoms with E-state index in [-0.39, 0.29) is 5.54 Å².